The van der Waals surface area contributed by atoms with Crippen LogP contribution in [0.5, 0.6) is 0 Å². The van der Waals surface area contributed by atoms with Crippen molar-refractivity contribution in [1.29, 1.82) is 5.26 Å². The van der Waals surface area contributed by atoms with Gasteiger partial charge in [0, 0.05) is 5.69 Å². The zero-order valence-electron chi connectivity index (χ0n) is 41.1. The van der Waals surface area contributed by atoms with Crippen LogP contribution in [0.1, 0.15) is 77.9 Å². The summed E-state index contributed by atoms with van der Waals surface area (Å²) in [6.45, 7) is 13.4. The van der Waals surface area contributed by atoms with Crippen LogP contribution in [-0.4, -0.2) is 76.6 Å². The molecule has 22 nitrogen and oxygen atoms in total. The molecule has 75 heavy (non-hydrogen) atoms. The van der Waals surface area contributed by atoms with E-state index in [1.807, 2.05) is 13.8 Å². The molecule has 0 amide bonds. The van der Waals surface area contributed by atoms with E-state index in [0.29, 0.717) is 44.4 Å². The third-order valence-corrected chi connectivity index (χ3v) is 18.0. The first kappa shape index (κ1) is 54.6. The van der Waals surface area contributed by atoms with Gasteiger partial charge in [-0.3, -0.25) is 23.1 Å². The normalized spacial score (nSPS) is 12.6. The van der Waals surface area contributed by atoms with Crippen molar-refractivity contribution in [2.45, 2.75) is 101 Å². The number of benzene rings is 4. The number of hydrogen-bond acceptors (Lipinski definition) is 19. The van der Waals surface area contributed by atoms with Crippen molar-refractivity contribution in [2.75, 3.05) is 10.2 Å². The van der Waals surface area contributed by atoms with E-state index >= 15 is 0 Å². The summed E-state index contributed by atoms with van der Waals surface area (Å²) in [5, 5.41) is 27.8. The van der Waals surface area contributed by atoms with Crippen molar-refractivity contribution in [2.24, 2.45) is 10.2 Å². The molecule has 0 saturated carbocycles. The first-order valence-corrected chi connectivity index (χ1v) is 30.0. The second-order valence-electron chi connectivity index (χ2n) is 17.1. The lowest BCUT2D eigenvalue weighted by molar-refractivity contribution is 0.479. The van der Waals surface area contributed by atoms with Crippen LogP contribution in [0.2, 0.25) is 0 Å². The Labute approximate surface area is 439 Å². The molecular weight excluding hydrogens is 1090 g/mol. The average molecular weight is 1140 g/mol. The minimum atomic E-state index is -4.88. The molecule has 0 aliphatic carbocycles. The first-order valence-electron chi connectivity index (χ1n) is 22.7. The third kappa shape index (κ3) is 10.4. The summed E-state index contributed by atoms with van der Waals surface area (Å²) in [7, 11) is -18.9. The molecule has 5 N–H and O–H groups in total. The van der Waals surface area contributed by atoms with Crippen molar-refractivity contribution in [3.8, 4) is 11.2 Å². The number of azo groups is 1. The molecule has 28 heteroatoms. The molecule has 0 bridgehead atoms. The number of aromatic nitrogens is 5. The van der Waals surface area contributed by atoms with Crippen LogP contribution >= 0.6 is 22.7 Å². The molecule has 392 valence electrons. The van der Waals surface area contributed by atoms with Gasteiger partial charge in [0.15, 0.2) is 16.8 Å². The largest absolute Gasteiger partial charge is 0.338 e. The molecule has 0 saturated heterocycles. The van der Waals surface area contributed by atoms with Crippen LogP contribution in [0.3, 0.4) is 0 Å². The van der Waals surface area contributed by atoms with Crippen LogP contribution in [0.25, 0.3) is 25.6 Å². The fourth-order valence-electron chi connectivity index (χ4n) is 8.91. The molecular formula is C47H46N10O12S6. The van der Waals surface area contributed by atoms with E-state index in [1.54, 1.807) is 64.6 Å². The number of rotatable bonds is 16. The Morgan fingerprint density at radius 2 is 1.20 bits per heavy atom. The third-order valence-electron chi connectivity index (χ3n) is 12.2. The van der Waals surface area contributed by atoms with Crippen LogP contribution < -0.4 is 10.2 Å². The number of nitrogens with zero attached hydrogens (tertiary/aromatic N) is 9. The number of fused-ring (bicyclic) bond motifs is 2. The highest BCUT2D eigenvalue weighted by atomic mass is 32.2. The van der Waals surface area contributed by atoms with Crippen molar-refractivity contribution in [3.05, 3.63) is 105 Å². The maximum absolute atomic E-state index is 13.3. The van der Waals surface area contributed by atoms with E-state index in [0.717, 1.165) is 22.7 Å². The predicted molar refractivity (Wildman–Crippen MR) is 283 cm³/mol. The Balaban J connectivity index is 1.46. The molecule has 0 unspecified atom stereocenters. The van der Waals surface area contributed by atoms with Crippen molar-refractivity contribution in [1.82, 2.24) is 24.7 Å². The van der Waals surface area contributed by atoms with E-state index in [9.17, 15) is 57.1 Å². The molecule has 0 spiro atoms. The Morgan fingerprint density at radius 3 is 1.73 bits per heavy atom. The molecule has 8 aromatic rings. The predicted octanol–water partition coefficient (Wildman–Crippen LogP) is 10.5. The number of thiazole rings is 2. The van der Waals surface area contributed by atoms with Crippen molar-refractivity contribution in [3.63, 3.8) is 0 Å². The highest BCUT2D eigenvalue weighted by Crippen LogP contribution is 2.48. The topological polar surface area (TPSA) is 338 Å². The van der Waals surface area contributed by atoms with E-state index < -0.39 is 45.4 Å². The molecule has 4 aromatic carbocycles. The van der Waals surface area contributed by atoms with Gasteiger partial charge in [0.25, 0.3) is 40.5 Å². The SMILES string of the molecule is CCc1cc(C)c(S(=O)(=O)O)c(CC)c1Nc1nc(N(c2nc3ccc(S(=O)(=O)O)cc3s2)c2c(CC)cc(C)c(S(=O)(=O)O)c2CC)cc(C)c1N=Nc1c(C#N)c(C)nn1-c1nc2ccc(S(=O)(=O)O)cc2s1. The Bertz CT molecular complexity index is 4240. The van der Waals surface area contributed by atoms with Gasteiger partial charge in [0.1, 0.15) is 32.9 Å². The van der Waals surface area contributed by atoms with Gasteiger partial charge in [0.05, 0.1) is 41.6 Å². The van der Waals surface area contributed by atoms with E-state index in [2.05, 4.69) is 31.7 Å². The maximum atomic E-state index is 13.3. The lowest BCUT2D eigenvalue weighted by Crippen LogP contribution is -2.19. The van der Waals surface area contributed by atoms with Gasteiger partial charge >= 0.3 is 0 Å². The summed E-state index contributed by atoms with van der Waals surface area (Å²) < 4.78 is 144. The summed E-state index contributed by atoms with van der Waals surface area (Å²) in [4.78, 5) is 14.7. The number of aryl methyl sites for hydroxylation is 6. The van der Waals surface area contributed by atoms with Gasteiger partial charge in [-0.05, 0) is 135 Å². The average Bonchev–Trinajstić information content (AvgIpc) is 4.04. The molecule has 0 radical (unpaired) electrons. The van der Waals surface area contributed by atoms with Gasteiger partial charge in [-0.1, -0.05) is 62.5 Å². The number of hydrogen-bond donors (Lipinski definition) is 5. The van der Waals surface area contributed by atoms with Gasteiger partial charge in [-0.2, -0.15) is 48.7 Å². The van der Waals surface area contributed by atoms with Gasteiger partial charge in [0.2, 0.25) is 5.13 Å². The molecule has 0 fully saturated rings. The standard InChI is InChI=1S/C47H46N10O12S6/c1-9-27-17-24(6)42(74(64,65)66)31(11-3)40(27)52-44-39(53-54-45-33(22-48)26(8)55-57(45)47-50-35-16-14-30(73(61,62)63)21-37(35)71-47)23(5)19-38(51-44)56(46-49-34-15-13-29(72(58,59)60)20-36(34)70-46)41-28(10-2)18-25(7)43(32(41)12-4)75(67,68)69/h13-21H,9-12H2,1-8H3,(H,51,52)(H,58,59,60)(H,61,62,63)(H,64,65,66)(H,67,68,69). The summed E-state index contributed by atoms with van der Waals surface area (Å²) in [5.41, 5.74) is 3.78. The van der Waals surface area contributed by atoms with Crippen LogP contribution in [0, 0.1) is 39.0 Å². The lowest BCUT2D eigenvalue weighted by atomic mass is 9.98. The van der Waals surface area contributed by atoms with Crippen molar-refractivity contribution >= 4 is 123 Å². The molecule has 8 rings (SSSR count). The number of nitrogens with one attached hydrogen (secondary N) is 1. The highest BCUT2D eigenvalue weighted by Gasteiger charge is 2.32. The zero-order chi connectivity index (χ0) is 54.9. The minimum absolute atomic E-state index is 0.0152. The van der Waals surface area contributed by atoms with Gasteiger partial charge in [-0.25, -0.2) is 15.0 Å². The molecule has 0 aliphatic heterocycles. The van der Waals surface area contributed by atoms with Crippen LogP contribution in [-0.2, 0) is 66.2 Å². The fourth-order valence-corrected chi connectivity index (χ4v) is 14.1. The van der Waals surface area contributed by atoms with Gasteiger partial charge in [-0.15, -0.1) is 10.2 Å². The molecule has 4 heterocycles. The Kier molecular flexibility index (Phi) is 14.7. The van der Waals surface area contributed by atoms with Crippen LogP contribution in [0.4, 0.5) is 39.6 Å². The summed E-state index contributed by atoms with van der Waals surface area (Å²) >= 11 is 1.96. The number of anilines is 5. The van der Waals surface area contributed by atoms with Crippen LogP contribution in [0.15, 0.2) is 84.4 Å². The number of pyridine rings is 1. The highest BCUT2D eigenvalue weighted by molar-refractivity contribution is 7.86. The second kappa shape index (κ2) is 20.1. The molecule has 0 aliphatic rings. The summed E-state index contributed by atoms with van der Waals surface area (Å²) in [6, 6.07) is 14.5. The molecule has 0 atom stereocenters. The Hall–Kier alpha value is -6.65. The maximum Gasteiger partial charge on any atom is 0.295 e. The second-order valence-corrected chi connectivity index (χ2v) is 24.7. The minimum Gasteiger partial charge on any atom is -0.338 e. The van der Waals surface area contributed by atoms with E-state index in [1.165, 1.54) is 41.1 Å². The van der Waals surface area contributed by atoms with Gasteiger partial charge < -0.3 is 5.32 Å². The van der Waals surface area contributed by atoms with Crippen molar-refractivity contribution < 1.29 is 51.9 Å². The Morgan fingerprint density at radius 1 is 0.653 bits per heavy atom. The zero-order valence-corrected chi connectivity index (χ0v) is 46.0. The van der Waals surface area contributed by atoms with E-state index in [-0.39, 0.29) is 111 Å². The lowest BCUT2D eigenvalue weighted by Gasteiger charge is -2.29. The first-order chi connectivity index (χ1) is 35.1. The van der Waals surface area contributed by atoms with E-state index in [4.69, 9.17) is 9.97 Å². The monoisotopic (exact) mass is 1130 g/mol. The quantitative estimate of drug-likeness (QED) is 0.0443. The summed E-state index contributed by atoms with van der Waals surface area (Å²) in [5.74, 6) is -0.141. The smallest absolute Gasteiger partial charge is 0.295 e. The summed E-state index contributed by atoms with van der Waals surface area (Å²) in [6.07, 6.45) is 0.798. The molecule has 4 aromatic heterocycles. The fraction of sp³-hybridized carbons (Fsp3) is 0.255. The number of nitriles is 1.